The molecule has 0 aliphatic carbocycles. The number of ether oxygens (including phenoxy) is 1. The number of carbonyl (C=O) groups is 1. The van der Waals surface area contributed by atoms with Gasteiger partial charge < -0.3 is 15.4 Å². The lowest BCUT2D eigenvalue weighted by atomic mass is 9.99. The minimum atomic E-state index is -3.33. The van der Waals surface area contributed by atoms with E-state index in [1.807, 2.05) is 18.2 Å². The van der Waals surface area contributed by atoms with Crippen molar-refractivity contribution in [3.63, 3.8) is 0 Å². The maximum Gasteiger partial charge on any atom is 0.229 e. The van der Waals surface area contributed by atoms with Gasteiger partial charge in [-0.05, 0) is 56.7 Å². The van der Waals surface area contributed by atoms with Gasteiger partial charge in [-0.3, -0.25) is 4.79 Å². The monoisotopic (exact) mass is 521 g/mol. The van der Waals surface area contributed by atoms with E-state index in [0.29, 0.717) is 47.4 Å². The van der Waals surface area contributed by atoms with Gasteiger partial charge in [0.15, 0.2) is 0 Å². The Morgan fingerprint density at radius 2 is 2.03 bits per heavy atom. The number of anilines is 2. The Balaban J connectivity index is 1.43. The molecule has 190 valence electrons. The normalized spacial score (nSPS) is 19.9. The maximum atomic E-state index is 12.9. The molecule has 2 aliphatic heterocycles. The number of piperidine rings is 1. The summed E-state index contributed by atoms with van der Waals surface area (Å²) >= 11 is 6.43. The van der Waals surface area contributed by atoms with Crippen LogP contribution in [0.15, 0.2) is 30.5 Å². The van der Waals surface area contributed by atoms with Crippen LogP contribution in [0.4, 0.5) is 11.6 Å². The van der Waals surface area contributed by atoms with Gasteiger partial charge in [0.05, 0.1) is 22.4 Å². The molecule has 2 aromatic heterocycles. The fourth-order valence-electron chi connectivity index (χ4n) is 4.41. The number of nitrogens with zero attached hydrogens (tertiary/aromatic N) is 3. The summed E-state index contributed by atoms with van der Waals surface area (Å²) in [7, 11) is -3.33. The van der Waals surface area contributed by atoms with Crippen molar-refractivity contribution >= 4 is 39.2 Å². The van der Waals surface area contributed by atoms with Crippen LogP contribution in [0.25, 0.3) is 11.3 Å². The third kappa shape index (κ3) is 6.69. The topological polar surface area (TPSA) is 114 Å². The molecule has 0 bridgehead atoms. The van der Waals surface area contributed by atoms with Gasteiger partial charge in [-0.25, -0.2) is 22.7 Å². The van der Waals surface area contributed by atoms with Crippen LogP contribution in [0.1, 0.15) is 32.6 Å². The Labute approximate surface area is 211 Å². The zero-order valence-corrected chi connectivity index (χ0v) is 21.4. The number of rotatable bonds is 8. The Kier molecular flexibility index (Phi) is 8.59. The molecule has 35 heavy (non-hydrogen) atoms. The van der Waals surface area contributed by atoms with E-state index < -0.39 is 15.9 Å². The molecule has 4 heterocycles. The van der Waals surface area contributed by atoms with Gasteiger partial charge in [-0.15, -0.1) is 0 Å². The zero-order chi connectivity index (χ0) is 24.8. The molecule has 2 aromatic rings. The number of halogens is 1. The fraction of sp³-hybridized carbons (Fsp3) is 0.542. The van der Waals surface area contributed by atoms with Crippen molar-refractivity contribution in [2.24, 2.45) is 11.8 Å². The second kappa shape index (κ2) is 11.6. The van der Waals surface area contributed by atoms with Crippen molar-refractivity contribution in [1.82, 2.24) is 14.3 Å². The first-order chi connectivity index (χ1) is 16.9. The second-order valence-electron chi connectivity index (χ2n) is 8.98. The highest BCUT2D eigenvalue weighted by Crippen LogP contribution is 2.29. The molecular formula is C24H32ClN5O4S. The Morgan fingerprint density at radius 1 is 1.23 bits per heavy atom. The van der Waals surface area contributed by atoms with E-state index >= 15 is 0 Å². The molecule has 2 saturated heterocycles. The van der Waals surface area contributed by atoms with Gasteiger partial charge >= 0.3 is 0 Å². The number of nitrogens with one attached hydrogen (secondary N) is 2. The summed E-state index contributed by atoms with van der Waals surface area (Å²) in [6, 6.07) is 7.39. The van der Waals surface area contributed by atoms with Crippen molar-refractivity contribution in [2.75, 3.05) is 49.2 Å². The van der Waals surface area contributed by atoms with E-state index in [2.05, 4.69) is 15.6 Å². The number of pyridine rings is 2. The van der Waals surface area contributed by atoms with Crippen molar-refractivity contribution in [1.29, 1.82) is 0 Å². The predicted octanol–water partition coefficient (Wildman–Crippen LogP) is 3.64. The van der Waals surface area contributed by atoms with Gasteiger partial charge in [-0.2, -0.15) is 0 Å². The highest BCUT2D eigenvalue weighted by Gasteiger charge is 2.31. The zero-order valence-electron chi connectivity index (χ0n) is 19.9. The smallest absolute Gasteiger partial charge is 0.229 e. The van der Waals surface area contributed by atoms with Gasteiger partial charge in [0.25, 0.3) is 0 Å². The predicted molar refractivity (Wildman–Crippen MR) is 137 cm³/mol. The fourth-order valence-corrected chi connectivity index (χ4v) is 5.79. The van der Waals surface area contributed by atoms with Crippen molar-refractivity contribution < 1.29 is 17.9 Å². The number of hydrogen-bond acceptors (Lipinski definition) is 7. The summed E-state index contributed by atoms with van der Waals surface area (Å²) in [6.07, 6.45) is 4.84. The minimum absolute atomic E-state index is 0.0272. The van der Waals surface area contributed by atoms with Crippen LogP contribution in [0.5, 0.6) is 0 Å². The molecule has 0 saturated carbocycles. The van der Waals surface area contributed by atoms with E-state index in [-0.39, 0.29) is 18.2 Å². The van der Waals surface area contributed by atoms with Gasteiger partial charge in [-0.1, -0.05) is 17.7 Å². The Hall–Kier alpha value is -2.27. The van der Waals surface area contributed by atoms with Crippen LogP contribution in [-0.4, -0.2) is 67.2 Å². The third-order valence-corrected chi connectivity index (χ3v) is 8.71. The Morgan fingerprint density at radius 3 is 2.80 bits per heavy atom. The second-order valence-corrected chi connectivity index (χ2v) is 11.6. The molecule has 0 unspecified atom stereocenters. The molecule has 2 N–H and O–H groups in total. The highest BCUT2D eigenvalue weighted by molar-refractivity contribution is 7.89. The highest BCUT2D eigenvalue weighted by atomic mass is 35.5. The lowest BCUT2D eigenvalue weighted by Crippen LogP contribution is -2.44. The first-order valence-electron chi connectivity index (χ1n) is 12.1. The molecule has 0 spiro atoms. The molecule has 0 aromatic carbocycles. The number of aromatic nitrogens is 2. The number of sulfonamides is 1. The van der Waals surface area contributed by atoms with Crippen LogP contribution in [0.2, 0.25) is 5.02 Å². The number of carbonyl (C=O) groups excluding carboxylic acids is 1. The summed E-state index contributed by atoms with van der Waals surface area (Å²) in [6.45, 7) is 4.68. The molecule has 4 rings (SSSR count). The molecule has 1 atom stereocenters. The van der Waals surface area contributed by atoms with Gasteiger partial charge in [0.2, 0.25) is 15.9 Å². The van der Waals surface area contributed by atoms with Crippen LogP contribution >= 0.6 is 11.6 Å². The molecule has 0 radical (unpaired) electrons. The number of amides is 1. The largest absolute Gasteiger partial charge is 0.381 e. The van der Waals surface area contributed by atoms with Crippen LogP contribution in [0.3, 0.4) is 0 Å². The van der Waals surface area contributed by atoms with Gasteiger partial charge in [0, 0.05) is 44.6 Å². The molecule has 9 nitrogen and oxygen atoms in total. The molecule has 11 heteroatoms. The molecule has 2 aliphatic rings. The minimum Gasteiger partial charge on any atom is -0.381 e. The lowest BCUT2D eigenvalue weighted by molar-refractivity contribution is -0.120. The van der Waals surface area contributed by atoms with E-state index in [1.165, 1.54) is 10.5 Å². The summed E-state index contributed by atoms with van der Waals surface area (Å²) in [4.78, 5) is 21.9. The van der Waals surface area contributed by atoms with E-state index in [9.17, 15) is 13.2 Å². The summed E-state index contributed by atoms with van der Waals surface area (Å²) < 4.78 is 31.3. The van der Waals surface area contributed by atoms with Crippen LogP contribution in [-0.2, 0) is 19.6 Å². The summed E-state index contributed by atoms with van der Waals surface area (Å²) in [5.41, 5.74) is 1.33. The first kappa shape index (κ1) is 25.8. The molecule has 2 fully saturated rings. The quantitative estimate of drug-likeness (QED) is 0.545. The van der Waals surface area contributed by atoms with Crippen LogP contribution in [0, 0.1) is 11.8 Å². The van der Waals surface area contributed by atoms with Crippen molar-refractivity contribution in [3.8, 4) is 11.3 Å². The van der Waals surface area contributed by atoms with E-state index in [0.717, 1.165) is 38.4 Å². The lowest BCUT2D eigenvalue weighted by Gasteiger charge is -2.30. The first-order valence-corrected chi connectivity index (χ1v) is 14.1. The SMILES string of the molecule is CCS(=O)(=O)N1CCC[C@H](C(=O)Nc2cc(-c3cccc(NCC4CCOCC4)n3)c(Cl)cn2)C1. The third-order valence-electron chi connectivity index (χ3n) is 6.56. The molecular weight excluding hydrogens is 490 g/mol. The van der Waals surface area contributed by atoms with Crippen molar-refractivity contribution in [3.05, 3.63) is 35.5 Å². The average Bonchev–Trinajstić information content (AvgIpc) is 2.89. The van der Waals surface area contributed by atoms with Crippen molar-refractivity contribution in [2.45, 2.75) is 32.6 Å². The Bertz CT molecular complexity index is 1140. The number of hydrogen-bond donors (Lipinski definition) is 2. The van der Waals surface area contributed by atoms with Gasteiger partial charge in [0.1, 0.15) is 11.6 Å². The summed E-state index contributed by atoms with van der Waals surface area (Å²) in [5.74, 6) is 1.02. The van der Waals surface area contributed by atoms with E-state index in [1.54, 1.807) is 13.0 Å². The molecule has 1 amide bonds. The maximum absolute atomic E-state index is 12.9. The van der Waals surface area contributed by atoms with E-state index in [4.69, 9.17) is 21.3 Å². The van der Waals surface area contributed by atoms with Crippen LogP contribution < -0.4 is 10.6 Å². The standard InChI is InChI=1S/C24H32ClN5O4S/c1-2-35(32,33)30-10-4-5-18(16-30)24(31)29-23-13-19(20(25)15-27-23)21-6-3-7-22(28-21)26-14-17-8-11-34-12-9-17/h3,6-7,13,15,17-18H,2,4-5,8-12,14,16H2,1H3,(H,26,28)(H,27,29,31)/t18-/m0/s1. The summed E-state index contributed by atoms with van der Waals surface area (Å²) in [5, 5.41) is 6.67. The average molecular weight is 522 g/mol.